The van der Waals surface area contributed by atoms with Crippen LogP contribution in [0.15, 0.2) is 52.4 Å². The fourth-order valence-corrected chi connectivity index (χ4v) is 3.63. The van der Waals surface area contributed by atoms with Crippen LogP contribution in [0.25, 0.3) is 11.3 Å². The summed E-state index contributed by atoms with van der Waals surface area (Å²) in [4.78, 5) is 30.3. The number of amides is 1. The lowest BCUT2D eigenvalue weighted by molar-refractivity contribution is -0.118. The predicted octanol–water partition coefficient (Wildman–Crippen LogP) is 3.01. The third kappa shape index (κ3) is 3.99. The molecule has 1 aliphatic heterocycles. The molecule has 9 nitrogen and oxygen atoms in total. The topological polar surface area (TPSA) is 110 Å². The van der Waals surface area contributed by atoms with E-state index < -0.39 is 5.56 Å². The number of nitrogens with zero attached hydrogens (tertiary/aromatic N) is 5. The molecule has 34 heavy (non-hydrogen) atoms. The van der Waals surface area contributed by atoms with Gasteiger partial charge < -0.3 is 9.47 Å². The second-order valence-corrected chi connectivity index (χ2v) is 7.44. The van der Waals surface area contributed by atoms with Gasteiger partial charge in [0.25, 0.3) is 5.56 Å². The normalized spacial score (nSPS) is 13.3. The van der Waals surface area contributed by atoms with Gasteiger partial charge >= 0.3 is 0 Å². The van der Waals surface area contributed by atoms with Crippen LogP contribution in [0.3, 0.4) is 0 Å². The van der Waals surface area contributed by atoms with Crippen molar-refractivity contribution in [1.82, 2.24) is 9.55 Å². The minimum Gasteiger partial charge on any atom is -0.493 e. The first kappa shape index (κ1) is 22.7. The lowest BCUT2D eigenvalue weighted by Gasteiger charge is -2.24. The number of carbonyl (C=O) groups is 1. The van der Waals surface area contributed by atoms with Crippen LogP contribution in [0.4, 0.5) is 10.3 Å². The lowest BCUT2D eigenvalue weighted by atomic mass is 10.0. The molecule has 2 aromatic carbocycles. The van der Waals surface area contributed by atoms with Crippen molar-refractivity contribution in [1.29, 1.82) is 5.26 Å². The van der Waals surface area contributed by atoms with Gasteiger partial charge in [-0.2, -0.15) is 15.4 Å². The number of benzene rings is 2. The van der Waals surface area contributed by atoms with E-state index in [9.17, 15) is 19.2 Å². The molecule has 172 valence electrons. The Morgan fingerprint density at radius 2 is 1.68 bits per heavy atom. The van der Waals surface area contributed by atoms with Crippen molar-refractivity contribution in [2.45, 2.75) is 12.8 Å². The summed E-state index contributed by atoms with van der Waals surface area (Å²) in [6, 6.07) is 12.5. The minimum atomic E-state index is -0.630. The number of hydrogen-bond donors (Lipinski definition) is 0. The minimum absolute atomic E-state index is 0.0434. The molecule has 0 saturated carbocycles. The van der Waals surface area contributed by atoms with Gasteiger partial charge in [-0.25, -0.2) is 9.37 Å². The first-order valence-corrected chi connectivity index (χ1v) is 10.3. The number of aromatic nitrogens is 2. The van der Waals surface area contributed by atoms with Gasteiger partial charge in [0.1, 0.15) is 17.4 Å². The maximum absolute atomic E-state index is 13.3. The third-order valence-corrected chi connectivity index (χ3v) is 5.44. The zero-order chi connectivity index (χ0) is 24.4. The molecule has 0 N–H and O–H groups in total. The quantitative estimate of drug-likeness (QED) is 0.578. The monoisotopic (exact) mass is 461 g/mol. The summed E-state index contributed by atoms with van der Waals surface area (Å²) >= 11 is 0. The maximum atomic E-state index is 13.3. The Kier molecular flexibility index (Phi) is 6.10. The van der Waals surface area contributed by atoms with E-state index in [-0.39, 0.29) is 35.4 Å². The first-order valence-electron chi connectivity index (χ1n) is 10.3. The van der Waals surface area contributed by atoms with Crippen molar-refractivity contribution in [2.75, 3.05) is 19.2 Å². The Hall–Kier alpha value is -4.52. The van der Waals surface area contributed by atoms with Crippen molar-refractivity contribution in [3.05, 3.63) is 69.8 Å². The van der Waals surface area contributed by atoms with Gasteiger partial charge in [0.05, 0.1) is 25.6 Å². The van der Waals surface area contributed by atoms with Gasteiger partial charge in [0, 0.05) is 25.5 Å². The third-order valence-electron chi connectivity index (χ3n) is 5.44. The molecule has 0 aliphatic carbocycles. The molecule has 3 aromatic rings. The highest BCUT2D eigenvalue weighted by Gasteiger charge is 2.28. The van der Waals surface area contributed by atoms with Crippen LogP contribution in [-0.4, -0.2) is 35.4 Å². The Morgan fingerprint density at radius 1 is 1.00 bits per heavy atom. The molecule has 0 atom stereocenters. The summed E-state index contributed by atoms with van der Waals surface area (Å²) in [6.07, 6.45) is 0.478. The van der Waals surface area contributed by atoms with Crippen molar-refractivity contribution >= 4 is 17.6 Å². The highest BCUT2D eigenvalue weighted by Crippen LogP contribution is 2.33. The van der Waals surface area contributed by atoms with Gasteiger partial charge in [-0.15, -0.1) is 0 Å². The number of hydrogen-bond acceptors (Lipinski definition) is 7. The molecule has 0 fully saturated rings. The Bertz CT molecular complexity index is 1410. The van der Waals surface area contributed by atoms with Crippen molar-refractivity contribution in [2.24, 2.45) is 12.1 Å². The molecule has 1 aromatic heterocycles. The number of anilines is 1. The molecule has 0 saturated heterocycles. The van der Waals surface area contributed by atoms with E-state index in [4.69, 9.17) is 9.47 Å². The van der Waals surface area contributed by atoms with E-state index in [1.165, 1.54) is 33.4 Å². The second-order valence-electron chi connectivity index (χ2n) is 7.44. The molecule has 0 spiro atoms. The largest absolute Gasteiger partial charge is 0.493 e. The molecule has 0 bridgehead atoms. The zero-order valence-corrected chi connectivity index (χ0v) is 18.7. The van der Waals surface area contributed by atoms with Crippen LogP contribution < -0.4 is 20.0 Å². The van der Waals surface area contributed by atoms with Crippen LogP contribution in [-0.2, 0) is 11.8 Å². The molecule has 0 radical (unpaired) electrons. The van der Waals surface area contributed by atoms with E-state index in [1.807, 2.05) is 6.07 Å². The maximum Gasteiger partial charge on any atom is 0.273 e. The van der Waals surface area contributed by atoms with Crippen LogP contribution in [0, 0.1) is 17.1 Å². The van der Waals surface area contributed by atoms with E-state index >= 15 is 0 Å². The van der Waals surface area contributed by atoms with Crippen molar-refractivity contribution in [3.63, 3.8) is 0 Å². The second kappa shape index (κ2) is 9.15. The molecular weight excluding hydrogens is 441 g/mol. The van der Waals surface area contributed by atoms with Crippen LogP contribution in [0.5, 0.6) is 11.5 Å². The smallest absolute Gasteiger partial charge is 0.273 e. The first-order chi connectivity index (χ1) is 16.4. The highest BCUT2D eigenvalue weighted by atomic mass is 19.1. The fraction of sp³-hybridized carbons (Fsp3) is 0.208. The summed E-state index contributed by atoms with van der Waals surface area (Å²) in [5, 5.41) is 15.1. The Balaban J connectivity index is 1.89. The average Bonchev–Trinajstić information content (AvgIpc) is 2.86. The van der Waals surface area contributed by atoms with Crippen molar-refractivity contribution in [3.8, 4) is 28.8 Å². The predicted molar refractivity (Wildman–Crippen MR) is 122 cm³/mol. The van der Waals surface area contributed by atoms with Crippen molar-refractivity contribution < 1.29 is 18.7 Å². The number of ether oxygens (including phenoxy) is 2. The number of nitriles is 1. The van der Waals surface area contributed by atoms with E-state index in [0.717, 1.165) is 9.58 Å². The highest BCUT2D eigenvalue weighted by molar-refractivity contribution is 6.08. The van der Waals surface area contributed by atoms with Crippen LogP contribution in [0.2, 0.25) is 0 Å². The Labute approximate surface area is 194 Å². The summed E-state index contributed by atoms with van der Waals surface area (Å²) in [7, 11) is 4.37. The number of rotatable bonds is 5. The fourth-order valence-electron chi connectivity index (χ4n) is 3.63. The van der Waals surface area contributed by atoms with Gasteiger partial charge in [-0.1, -0.05) is 12.1 Å². The van der Waals surface area contributed by atoms with E-state index in [0.29, 0.717) is 34.8 Å². The van der Waals surface area contributed by atoms with Gasteiger partial charge in [0.2, 0.25) is 11.9 Å². The molecule has 4 rings (SSSR count). The summed E-state index contributed by atoms with van der Waals surface area (Å²) < 4.78 is 25.0. The van der Waals surface area contributed by atoms with Crippen LogP contribution in [0.1, 0.15) is 24.0 Å². The molecule has 1 amide bonds. The SMILES string of the molecule is COc1ccc(-c2nc(N3N=C(c4ccc(F)cc4)CCC3=O)n(C)c(=O)c2C#N)cc1OC. The summed E-state index contributed by atoms with van der Waals surface area (Å²) in [6.45, 7) is 0. The number of methoxy groups -OCH3 is 2. The summed E-state index contributed by atoms with van der Waals surface area (Å²) in [5.41, 5.74) is 0.891. The molecule has 1 aliphatic rings. The number of halogens is 1. The van der Waals surface area contributed by atoms with Gasteiger partial charge in [-0.3, -0.25) is 14.2 Å². The molecule has 2 heterocycles. The average molecular weight is 461 g/mol. The van der Waals surface area contributed by atoms with Crippen LogP contribution >= 0.6 is 0 Å². The van der Waals surface area contributed by atoms with E-state index in [1.54, 1.807) is 30.3 Å². The summed E-state index contributed by atoms with van der Waals surface area (Å²) in [5.74, 6) is 0.0605. The standard InChI is InChI=1S/C24H20FN5O4/c1-29-23(32)17(13-26)22(15-6-10-19(33-2)20(12-15)34-3)27-24(29)30-21(31)11-9-18(28-30)14-4-7-16(25)8-5-14/h4-8,10,12H,9,11H2,1-3H3. The molecular formula is C24H20FN5O4. The lowest BCUT2D eigenvalue weighted by Crippen LogP contribution is -2.37. The Morgan fingerprint density at radius 3 is 2.32 bits per heavy atom. The number of carbonyl (C=O) groups excluding carboxylic acids is 1. The van der Waals surface area contributed by atoms with Gasteiger partial charge in [-0.05, 0) is 35.9 Å². The number of hydrazone groups is 1. The van der Waals surface area contributed by atoms with E-state index in [2.05, 4.69) is 10.1 Å². The van der Waals surface area contributed by atoms with Gasteiger partial charge in [0.15, 0.2) is 11.5 Å². The zero-order valence-electron chi connectivity index (χ0n) is 18.7. The molecule has 0 unspecified atom stereocenters. The molecule has 10 heteroatoms.